The Balaban J connectivity index is 1.87. The van der Waals surface area contributed by atoms with Crippen molar-refractivity contribution in [3.8, 4) is 6.07 Å². The summed E-state index contributed by atoms with van der Waals surface area (Å²) in [5.74, 6) is -2.66. The van der Waals surface area contributed by atoms with Crippen LogP contribution in [-0.2, 0) is 12.0 Å². The smallest absolute Gasteiger partial charge is 0.318 e. The molecule has 1 aliphatic carbocycles. The largest absolute Gasteiger partial charge is 0.334 e. The normalized spacial score (nSPS) is 25.4. The molecule has 0 radical (unpaired) electrons. The molecule has 8 heteroatoms. The van der Waals surface area contributed by atoms with E-state index in [9.17, 15) is 10.1 Å². The van der Waals surface area contributed by atoms with Crippen LogP contribution in [0, 0.1) is 34.4 Å². The maximum atomic E-state index is 15.7. The number of carbonyl (C=O) groups is 1. The second-order valence-electron chi connectivity index (χ2n) is 11.2. The Morgan fingerprint density at radius 3 is 2.53 bits per heavy atom. The predicted octanol–water partition coefficient (Wildman–Crippen LogP) is 7.88. The summed E-state index contributed by atoms with van der Waals surface area (Å²) in [5, 5.41) is 13.9. The van der Waals surface area contributed by atoms with Crippen LogP contribution in [0.2, 0.25) is 5.02 Å². The van der Waals surface area contributed by atoms with Crippen molar-refractivity contribution in [3.05, 3.63) is 93.5 Å². The molecule has 1 N–H and O–H groups in total. The molecule has 200 valence electrons. The molecule has 2 amide bonds. The molecule has 1 saturated heterocycles. The number of nitrogens with one attached hydrogen (secondary N) is 1. The van der Waals surface area contributed by atoms with Crippen LogP contribution in [0.4, 0.5) is 13.6 Å². The molecule has 1 heterocycles. The minimum Gasteiger partial charge on any atom is -0.334 e. The molecule has 2 aliphatic rings. The molecule has 1 aliphatic heterocycles. The van der Waals surface area contributed by atoms with E-state index in [1.165, 1.54) is 29.2 Å². The van der Waals surface area contributed by atoms with Gasteiger partial charge in [0, 0.05) is 35.5 Å². The van der Waals surface area contributed by atoms with Crippen molar-refractivity contribution in [1.29, 1.82) is 5.26 Å². The Morgan fingerprint density at radius 2 is 1.89 bits per heavy atom. The third kappa shape index (κ3) is 5.46. The third-order valence-electron chi connectivity index (χ3n) is 7.42. The summed E-state index contributed by atoms with van der Waals surface area (Å²) in [6.07, 6.45) is 3.93. The van der Waals surface area contributed by atoms with Crippen molar-refractivity contribution in [3.63, 3.8) is 0 Å². The summed E-state index contributed by atoms with van der Waals surface area (Å²) in [6, 6.07) is 14.6. The fraction of sp³-hybridized carbons (Fsp3) is 0.400. The van der Waals surface area contributed by atoms with E-state index in [4.69, 9.17) is 23.2 Å². The Labute approximate surface area is 232 Å². The lowest BCUT2D eigenvalue weighted by atomic mass is 9.62. The highest BCUT2D eigenvalue weighted by Crippen LogP contribution is 2.54. The average Bonchev–Trinajstić information content (AvgIpc) is 3.17. The first kappa shape index (κ1) is 28.1. The average molecular weight is 559 g/mol. The van der Waals surface area contributed by atoms with Crippen LogP contribution >= 0.6 is 23.2 Å². The lowest BCUT2D eigenvalue weighted by Crippen LogP contribution is -2.53. The molecule has 1 unspecified atom stereocenters. The molecule has 4 nitrogen and oxygen atoms in total. The summed E-state index contributed by atoms with van der Waals surface area (Å²) in [4.78, 5) is 15.3. The third-order valence-corrected chi connectivity index (χ3v) is 7.96. The maximum absolute atomic E-state index is 15.7. The first-order valence-corrected chi connectivity index (χ1v) is 13.4. The van der Waals surface area contributed by atoms with Gasteiger partial charge in [-0.05, 0) is 42.0 Å². The molecule has 2 aromatic carbocycles. The van der Waals surface area contributed by atoms with Gasteiger partial charge >= 0.3 is 6.03 Å². The zero-order valence-electron chi connectivity index (χ0n) is 21.6. The number of halogens is 4. The van der Waals surface area contributed by atoms with Gasteiger partial charge in [0.15, 0.2) is 0 Å². The summed E-state index contributed by atoms with van der Waals surface area (Å²) in [6.45, 7) is 6.50. The van der Waals surface area contributed by atoms with Crippen LogP contribution in [0.25, 0.3) is 0 Å². The lowest BCUT2D eigenvalue weighted by molar-refractivity contribution is 0.156. The first-order chi connectivity index (χ1) is 18.0. The van der Waals surface area contributed by atoms with E-state index in [0.717, 1.165) is 5.56 Å². The summed E-state index contributed by atoms with van der Waals surface area (Å²) < 4.78 is 31.4. The molecule has 1 fully saturated rings. The number of nitrogens with zero attached hydrogens (tertiary/aromatic N) is 2. The van der Waals surface area contributed by atoms with Crippen LogP contribution < -0.4 is 5.32 Å². The molecule has 2 aromatic rings. The minimum atomic E-state index is -1.55. The molecule has 0 saturated carbocycles. The number of allylic oxidation sites excluding steroid dienone is 3. The summed E-state index contributed by atoms with van der Waals surface area (Å²) in [7, 11) is 0. The van der Waals surface area contributed by atoms with E-state index in [1.807, 2.05) is 51.1 Å². The molecule has 0 aromatic heterocycles. The van der Waals surface area contributed by atoms with Gasteiger partial charge in [-0.15, -0.1) is 0 Å². The zero-order valence-corrected chi connectivity index (χ0v) is 23.2. The second kappa shape index (κ2) is 11.1. The Bertz CT molecular complexity index is 1300. The molecular formula is C30H31Cl2F2N3O. The van der Waals surface area contributed by atoms with Crippen LogP contribution in [0.3, 0.4) is 0 Å². The molecule has 0 spiro atoms. The van der Waals surface area contributed by atoms with Crippen molar-refractivity contribution in [1.82, 2.24) is 10.2 Å². The van der Waals surface area contributed by atoms with E-state index in [1.54, 1.807) is 6.08 Å². The van der Waals surface area contributed by atoms with E-state index >= 15 is 8.78 Å². The van der Waals surface area contributed by atoms with E-state index in [-0.39, 0.29) is 40.5 Å². The molecule has 4 rings (SSSR count). The van der Waals surface area contributed by atoms with E-state index in [0.29, 0.717) is 6.42 Å². The second-order valence-corrected chi connectivity index (χ2v) is 12.1. The minimum absolute atomic E-state index is 0.0754. The van der Waals surface area contributed by atoms with Gasteiger partial charge in [0.2, 0.25) is 0 Å². The summed E-state index contributed by atoms with van der Waals surface area (Å²) in [5.41, 5.74) is -0.792. The number of amides is 2. The Hall–Kier alpha value is -2.88. The number of likely N-dealkylation sites (tertiary alicyclic amines) is 1. The van der Waals surface area contributed by atoms with Crippen LogP contribution in [-0.4, -0.2) is 23.5 Å². The standard InChI is InChI=1S/C30H31Cl2F2N3O/c1-29(2,3)15-20-17-37(28(38)36-16-19-8-5-4-6-9-19)27(22-10-7-11-24(32)26(22)34)30(20,18-35)23-13-12-21(31)14-25(23)33/h4-9,11-14,20,22,27H,10,15-17H2,1-3H3,(H,36,38)/t20-,22?,27-,30-/m1/s1. The molecule has 4 atom stereocenters. The SMILES string of the molecule is CC(C)(C)C[C@@H]1CN(C(=O)NCc2ccccc2)[C@H](C2CC=CC(Cl)=C2F)[C@@]1(C#N)c1ccc(Cl)cc1F. The molecular weight excluding hydrogens is 527 g/mol. The van der Waals surface area contributed by atoms with Crippen LogP contribution in [0.15, 0.2) is 71.5 Å². The highest BCUT2D eigenvalue weighted by Gasteiger charge is 2.61. The van der Waals surface area contributed by atoms with Crippen molar-refractivity contribution >= 4 is 29.2 Å². The first-order valence-electron chi connectivity index (χ1n) is 12.6. The lowest BCUT2D eigenvalue weighted by Gasteiger charge is -2.41. The fourth-order valence-electron chi connectivity index (χ4n) is 5.93. The number of hydrogen-bond donors (Lipinski definition) is 1. The number of carbonyl (C=O) groups excluding carboxylic acids is 1. The summed E-state index contributed by atoms with van der Waals surface area (Å²) >= 11 is 12.3. The van der Waals surface area contributed by atoms with Crippen molar-refractivity contribution in [2.75, 3.05) is 6.54 Å². The molecule has 38 heavy (non-hydrogen) atoms. The monoisotopic (exact) mass is 557 g/mol. The number of benzene rings is 2. The van der Waals surface area contributed by atoms with Gasteiger partial charge in [-0.2, -0.15) is 5.26 Å². The number of hydrogen-bond acceptors (Lipinski definition) is 2. The van der Waals surface area contributed by atoms with Crippen molar-refractivity contribution in [2.24, 2.45) is 17.3 Å². The highest BCUT2D eigenvalue weighted by molar-refractivity contribution is 6.31. The van der Waals surface area contributed by atoms with Gasteiger partial charge in [0.1, 0.15) is 17.1 Å². The fourth-order valence-corrected chi connectivity index (χ4v) is 6.32. The van der Waals surface area contributed by atoms with Gasteiger partial charge in [-0.25, -0.2) is 13.6 Å². The number of nitriles is 1. The van der Waals surface area contributed by atoms with Gasteiger partial charge in [0.25, 0.3) is 0 Å². The topological polar surface area (TPSA) is 56.1 Å². The van der Waals surface area contributed by atoms with E-state index in [2.05, 4.69) is 11.4 Å². The molecule has 0 bridgehead atoms. The Kier molecular flexibility index (Phi) is 8.20. The van der Waals surface area contributed by atoms with Crippen LogP contribution in [0.1, 0.15) is 44.7 Å². The number of urea groups is 1. The van der Waals surface area contributed by atoms with E-state index < -0.39 is 41.0 Å². The van der Waals surface area contributed by atoms with Crippen molar-refractivity contribution < 1.29 is 13.6 Å². The Morgan fingerprint density at radius 1 is 1.18 bits per heavy atom. The quantitative estimate of drug-likeness (QED) is 0.406. The zero-order chi connectivity index (χ0) is 27.7. The highest BCUT2D eigenvalue weighted by atomic mass is 35.5. The number of rotatable bonds is 5. The van der Waals surface area contributed by atoms with Gasteiger partial charge in [0.05, 0.1) is 17.1 Å². The van der Waals surface area contributed by atoms with Gasteiger partial charge in [-0.3, -0.25) is 0 Å². The van der Waals surface area contributed by atoms with Crippen LogP contribution in [0.5, 0.6) is 0 Å². The van der Waals surface area contributed by atoms with Crippen molar-refractivity contribution in [2.45, 2.75) is 51.6 Å². The maximum Gasteiger partial charge on any atom is 0.318 e. The predicted molar refractivity (Wildman–Crippen MR) is 147 cm³/mol. The van der Waals surface area contributed by atoms with Gasteiger partial charge < -0.3 is 10.2 Å². The van der Waals surface area contributed by atoms with Gasteiger partial charge in [-0.1, -0.05) is 86.4 Å².